The summed E-state index contributed by atoms with van der Waals surface area (Å²) in [6.45, 7) is 5.16. The minimum absolute atomic E-state index is 0.106. The third-order valence-electron chi connectivity index (χ3n) is 11.8. The molecule has 6 heteroatoms. The van der Waals surface area contributed by atoms with Crippen LogP contribution in [0, 0.1) is 0 Å². The van der Waals surface area contributed by atoms with E-state index in [9.17, 15) is 0 Å². The van der Waals surface area contributed by atoms with E-state index in [4.69, 9.17) is 4.42 Å². The lowest BCUT2D eigenvalue weighted by atomic mass is 9.36. The van der Waals surface area contributed by atoms with Gasteiger partial charge in [0, 0.05) is 59.6 Å². The number of furan rings is 1. The van der Waals surface area contributed by atoms with Crippen molar-refractivity contribution in [2.75, 3.05) is 9.80 Å². The molecule has 9 aromatic rings. The Morgan fingerprint density at radius 2 is 1.27 bits per heavy atom. The van der Waals surface area contributed by atoms with Crippen molar-refractivity contribution in [3.8, 4) is 11.1 Å². The Kier molecular flexibility index (Phi) is 5.63. The fourth-order valence-corrected chi connectivity index (χ4v) is 13.9. The summed E-state index contributed by atoms with van der Waals surface area (Å²) in [5.41, 5.74) is 14.5. The lowest BCUT2D eigenvalue weighted by molar-refractivity contribution is 0.670. The van der Waals surface area contributed by atoms with E-state index >= 15 is 0 Å². The molecule has 0 unspecified atom stereocenters. The van der Waals surface area contributed by atoms with Gasteiger partial charge in [0.2, 0.25) is 0 Å². The van der Waals surface area contributed by atoms with E-state index in [-0.39, 0.29) is 6.71 Å². The van der Waals surface area contributed by atoms with Gasteiger partial charge in [-0.1, -0.05) is 122 Å². The Labute approximate surface area is 307 Å². The molecule has 0 saturated heterocycles. The SMILES string of the molecule is C[Si]1(C)c2ccccc2N2c3cc(-c4cccc5c4oc4ccccc45)cc4c3B(c3cccc1c32)c1sc2ccccc2c1N4c1ccccc1. The number of hydrogen-bond acceptors (Lipinski definition) is 4. The first-order chi connectivity index (χ1) is 25.6. The summed E-state index contributed by atoms with van der Waals surface area (Å²) in [6.07, 6.45) is 0. The van der Waals surface area contributed by atoms with Crippen LogP contribution in [0.2, 0.25) is 13.1 Å². The molecule has 3 aliphatic heterocycles. The zero-order valence-corrected chi connectivity index (χ0v) is 30.5. The number of fused-ring (bicyclic) bond motifs is 11. The fraction of sp³-hybridized carbons (Fsp3) is 0.0435. The van der Waals surface area contributed by atoms with Crippen molar-refractivity contribution in [2.24, 2.45) is 0 Å². The average Bonchev–Trinajstić information content (AvgIpc) is 3.76. The Morgan fingerprint density at radius 1 is 0.577 bits per heavy atom. The van der Waals surface area contributed by atoms with Crippen molar-refractivity contribution in [1.29, 1.82) is 0 Å². The number of nitrogens with zero attached hydrogens (tertiary/aromatic N) is 2. The molecule has 0 fully saturated rings. The molecule has 3 aliphatic rings. The average molecular weight is 699 g/mol. The summed E-state index contributed by atoms with van der Waals surface area (Å²) >= 11 is 1.96. The van der Waals surface area contributed by atoms with Gasteiger partial charge >= 0.3 is 0 Å². The molecule has 0 atom stereocenters. The van der Waals surface area contributed by atoms with Crippen molar-refractivity contribution in [3.05, 3.63) is 152 Å². The van der Waals surface area contributed by atoms with Crippen molar-refractivity contribution < 1.29 is 4.42 Å². The zero-order valence-electron chi connectivity index (χ0n) is 28.7. The highest BCUT2D eigenvalue weighted by molar-refractivity contribution is 7.33. The molecule has 0 aliphatic carbocycles. The summed E-state index contributed by atoms with van der Waals surface area (Å²) in [5.74, 6) is 0. The zero-order chi connectivity index (χ0) is 34.3. The molecule has 0 N–H and O–H groups in total. The number of para-hydroxylation sites is 5. The van der Waals surface area contributed by atoms with E-state index in [0.717, 1.165) is 33.1 Å². The third-order valence-corrected chi connectivity index (χ3v) is 16.6. The van der Waals surface area contributed by atoms with Gasteiger partial charge < -0.3 is 14.2 Å². The third kappa shape index (κ3) is 3.60. The summed E-state index contributed by atoms with van der Waals surface area (Å²) in [5, 5.41) is 6.58. The van der Waals surface area contributed by atoms with E-state index < -0.39 is 8.07 Å². The number of thiophene rings is 1. The molecule has 0 radical (unpaired) electrons. The highest BCUT2D eigenvalue weighted by atomic mass is 32.1. The summed E-state index contributed by atoms with van der Waals surface area (Å²) in [6, 6.07) is 56.2. The van der Waals surface area contributed by atoms with E-state index in [2.05, 4.69) is 175 Å². The maximum Gasteiger partial charge on any atom is 0.264 e. The molecule has 52 heavy (non-hydrogen) atoms. The summed E-state index contributed by atoms with van der Waals surface area (Å²) < 4.78 is 9.44. The first-order valence-electron chi connectivity index (χ1n) is 18.1. The molecule has 0 bridgehead atoms. The van der Waals surface area contributed by atoms with Crippen LogP contribution in [-0.2, 0) is 0 Å². The van der Waals surface area contributed by atoms with Gasteiger partial charge in [-0.3, -0.25) is 0 Å². The number of rotatable bonds is 2. The molecular formula is C46H31BN2OSSi. The molecule has 0 amide bonds. The Hall–Kier alpha value is -5.82. The van der Waals surface area contributed by atoms with Gasteiger partial charge in [0.15, 0.2) is 0 Å². The highest BCUT2D eigenvalue weighted by Crippen LogP contribution is 2.50. The minimum atomic E-state index is -2.03. The van der Waals surface area contributed by atoms with Crippen molar-refractivity contribution in [3.63, 3.8) is 0 Å². The van der Waals surface area contributed by atoms with Crippen LogP contribution in [0.5, 0.6) is 0 Å². The van der Waals surface area contributed by atoms with E-state index in [1.807, 2.05) is 11.3 Å². The molecule has 5 heterocycles. The van der Waals surface area contributed by atoms with Gasteiger partial charge in [-0.15, -0.1) is 11.3 Å². The van der Waals surface area contributed by atoms with Crippen LogP contribution in [0.4, 0.5) is 34.1 Å². The highest BCUT2D eigenvalue weighted by Gasteiger charge is 2.49. The molecule has 3 nitrogen and oxygen atoms in total. The Bertz CT molecular complexity index is 2980. The number of benzene rings is 7. The van der Waals surface area contributed by atoms with Gasteiger partial charge in [-0.2, -0.15) is 0 Å². The topological polar surface area (TPSA) is 19.6 Å². The largest absolute Gasteiger partial charge is 0.455 e. The van der Waals surface area contributed by atoms with E-state index in [0.29, 0.717) is 0 Å². The van der Waals surface area contributed by atoms with E-state index in [1.54, 1.807) is 0 Å². The Morgan fingerprint density at radius 3 is 2.15 bits per heavy atom. The van der Waals surface area contributed by atoms with E-state index in [1.165, 1.54) is 70.3 Å². The smallest absolute Gasteiger partial charge is 0.264 e. The minimum Gasteiger partial charge on any atom is -0.455 e. The Balaban J connectivity index is 1.26. The number of anilines is 6. The second-order valence-corrected chi connectivity index (χ2v) is 20.3. The normalized spacial score (nSPS) is 14.8. The van der Waals surface area contributed by atoms with Crippen LogP contribution in [0.15, 0.2) is 156 Å². The monoisotopic (exact) mass is 698 g/mol. The van der Waals surface area contributed by atoms with Crippen LogP contribution in [0.25, 0.3) is 43.2 Å². The maximum atomic E-state index is 6.71. The van der Waals surface area contributed by atoms with Crippen LogP contribution in [0.1, 0.15) is 0 Å². The van der Waals surface area contributed by atoms with Crippen molar-refractivity contribution in [1.82, 2.24) is 0 Å². The van der Waals surface area contributed by atoms with Crippen LogP contribution in [-0.4, -0.2) is 14.8 Å². The first-order valence-corrected chi connectivity index (χ1v) is 21.9. The second kappa shape index (κ2) is 10.2. The molecule has 2 aromatic heterocycles. The van der Waals surface area contributed by atoms with Gasteiger partial charge in [0.1, 0.15) is 19.2 Å². The maximum absolute atomic E-state index is 6.71. The first kappa shape index (κ1) is 28.8. The quantitative estimate of drug-likeness (QED) is 0.168. The molecule has 244 valence electrons. The molecule has 7 aromatic carbocycles. The molecule has 0 saturated carbocycles. The second-order valence-electron chi connectivity index (χ2n) is 14.8. The van der Waals surface area contributed by atoms with Crippen LogP contribution < -0.4 is 35.9 Å². The van der Waals surface area contributed by atoms with Crippen LogP contribution >= 0.6 is 11.3 Å². The molecule has 0 spiro atoms. The predicted molar refractivity (Wildman–Crippen MR) is 225 cm³/mol. The van der Waals surface area contributed by atoms with Crippen molar-refractivity contribution in [2.45, 2.75) is 13.1 Å². The lowest BCUT2D eigenvalue weighted by Gasteiger charge is -2.48. The van der Waals surface area contributed by atoms with Crippen LogP contribution in [0.3, 0.4) is 0 Å². The standard InChI is InChI=1S/C46H31BN2OSSi/c1-52(2)40-24-11-8-21-35(40)49-37-27-28(30-18-12-19-32-31-16-6-9-22-38(31)50-45(30)32)26-36-42(37)47(34-20-13-25-41(52)44(34)49)46-43(33-17-7-10-23-39(33)51-46)48(36)29-14-4-3-5-15-29/h3-27H,1-2H3. The van der Waals surface area contributed by atoms with Gasteiger partial charge in [-0.25, -0.2) is 0 Å². The molecule has 12 rings (SSSR count). The summed E-state index contributed by atoms with van der Waals surface area (Å²) in [7, 11) is -2.03. The van der Waals surface area contributed by atoms with Gasteiger partial charge in [0.25, 0.3) is 6.71 Å². The number of hydrogen-bond donors (Lipinski definition) is 0. The van der Waals surface area contributed by atoms with Crippen molar-refractivity contribution >= 4 is 118 Å². The predicted octanol–water partition coefficient (Wildman–Crippen LogP) is 9.69. The lowest BCUT2D eigenvalue weighted by Crippen LogP contribution is -2.67. The fourth-order valence-electron chi connectivity index (χ4n) is 9.55. The van der Waals surface area contributed by atoms with Gasteiger partial charge in [-0.05, 0) is 69.3 Å². The summed E-state index contributed by atoms with van der Waals surface area (Å²) in [4.78, 5) is 5.17. The molecular weight excluding hydrogens is 667 g/mol. The van der Waals surface area contributed by atoms with Gasteiger partial charge in [0.05, 0.1) is 5.69 Å².